The summed E-state index contributed by atoms with van der Waals surface area (Å²) in [5.41, 5.74) is 5.04. The Balaban J connectivity index is 1.54. The van der Waals surface area contributed by atoms with Crippen LogP contribution in [0.4, 0.5) is 4.79 Å². The molecule has 8 heteroatoms. The van der Waals surface area contributed by atoms with E-state index in [1.807, 2.05) is 52.9 Å². The molecular formula is C30H34N4O4. The molecule has 3 N–H and O–H groups in total. The normalized spacial score (nSPS) is 14.6. The number of oxazole rings is 1. The first kappa shape index (κ1) is 25.6. The number of hydrogen-bond acceptors (Lipinski definition) is 5. The highest BCUT2D eigenvalue weighted by molar-refractivity contribution is 5.98. The van der Waals surface area contributed by atoms with Crippen LogP contribution in [0.2, 0.25) is 0 Å². The Morgan fingerprint density at radius 2 is 1.95 bits per heavy atom. The molecule has 3 heterocycles. The Morgan fingerprint density at radius 3 is 2.71 bits per heavy atom. The van der Waals surface area contributed by atoms with Crippen molar-refractivity contribution >= 4 is 22.9 Å². The van der Waals surface area contributed by atoms with Crippen LogP contribution >= 0.6 is 0 Å². The van der Waals surface area contributed by atoms with E-state index >= 15 is 0 Å². The second kappa shape index (κ2) is 10.0. The molecular weight excluding hydrogens is 480 g/mol. The topological polar surface area (TPSA) is 109 Å². The maximum atomic E-state index is 13.3. The van der Waals surface area contributed by atoms with Gasteiger partial charge in [0.05, 0.1) is 0 Å². The maximum absolute atomic E-state index is 13.3. The van der Waals surface area contributed by atoms with Gasteiger partial charge in [0.15, 0.2) is 5.69 Å². The Morgan fingerprint density at radius 1 is 1.16 bits per heavy atom. The van der Waals surface area contributed by atoms with Gasteiger partial charge >= 0.3 is 6.09 Å². The van der Waals surface area contributed by atoms with E-state index < -0.39 is 17.7 Å². The molecule has 0 spiro atoms. The Hall–Kier alpha value is -4.07. The molecule has 1 atom stereocenters. The van der Waals surface area contributed by atoms with E-state index in [1.165, 1.54) is 5.39 Å². The molecule has 1 aliphatic heterocycles. The lowest BCUT2D eigenvalue weighted by molar-refractivity contribution is 0.0478. The molecule has 4 aromatic rings. The molecule has 38 heavy (non-hydrogen) atoms. The van der Waals surface area contributed by atoms with E-state index in [9.17, 15) is 9.59 Å². The monoisotopic (exact) mass is 514 g/mol. The van der Waals surface area contributed by atoms with Crippen molar-refractivity contribution in [1.29, 1.82) is 0 Å². The van der Waals surface area contributed by atoms with Crippen LogP contribution in [0.25, 0.3) is 22.0 Å². The third kappa shape index (κ3) is 5.30. The second-order valence-electron chi connectivity index (χ2n) is 11.1. The van der Waals surface area contributed by atoms with Crippen molar-refractivity contribution in [3.8, 4) is 11.1 Å². The van der Waals surface area contributed by atoms with Crippen LogP contribution in [0.15, 0.2) is 53.1 Å². The van der Waals surface area contributed by atoms with E-state index in [0.29, 0.717) is 25.1 Å². The van der Waals surface area contributed by atoms with E-state index in [0.717, 1.165) is 27.8 Å². The van der Waals surface area contributed by atoms with Crippen LogP contribution < -0.4 is 10.6 Å². The Labute approximate surface area is 222 Å². The number of carbonyl (C=O) groups is 2. The van der Waals surface area contributed by atoms with E-state index in [4.69, 9.17) is 9.15 Å². The first-order valence-corrected chi connectivity index (χ1v) is 13.0. The van der Waals surface area contributed by atoms with Gasteiger partial charge in [0, 0.05) is 30.1 Å². The lowest BCUT2D eigenvalue weighted by Gasteiger charge is -2.24. The van der Waals surface area contributed by atoms with Gasteiger partial charge in [0.2, 0.25) is 5.89 Å². The first-order chi connectivity index (χ1) is 18.1. The van der Waals surface area contributed by atoms with Crippen molar-refractivity contribution in [2.24, 2.45) is 5.92 Å². The summed E-state index contributed by atoms with van der Waals surface area (Å²) in [4.78, 5) is 33.8. The molecule has 0 fully saturated rings. The van der Waals surface area contributed by atoms with Crippen LogP contribution in [0, 0.1) is 5.92 Å². The predicted octanol–water partition coefficient (Wildman–Crippen LogP) is 5.92. The summed E-state index contributed by atoms with van der Waals surface area (Å²) in [5, 5.41) is 7.05. The molecule has 5 rings (SSSR count). The maximum Gasteiger partial charge on any atom is 0.408 e. The summed E-state index contributed by atoms with van der Waals surface area (Å²) in [6, 6.07) is 14.0. The van der Waals surface area contributed by atoms with Gasteiger partial charge in [0.25, 0.3) is 5.91 Å². The highest BCUT2D eigenvalue weighted by Gasteiger charge is 2.30. The zero-order valence-corrected chi connectivity index (χ0v) is 22.5. The zero-order valence-electron chi connectivity index (χ0n) is 22.5. The molecule has 0 saturated carbocycles. The average molecular weight is 515 g/mol. The Bertz CT molecular complexity index is 1490. The van der Waals surface area contributed by atoms with Crippen LogP contribution in [-0.2, 0) is 17.6 Å². The van der Waals surface area contributed by atoms with E-state index in [1.54, 1.807) is 0 Å². The van der Waals surface area contributed by atoms with Crippen LogP contribution in [0.5, 0.6) is 0 Å². The van der Waals surface area contributed by atoms with Crippen molar-refractivity contribution in [2.45, 2.75) is 59.1 Å². The fourth-order valence-electron chi connectivity index (χ4n) is 4.87. The summed E-state index contributed by atoms with van der Waals surface area (Å²) in [7, 11) is 0. The highest BCUT2D eigenvalue weighted by Crippen LogP contribution is 2.33. The van der Waals surface area contributed by atoms with Crippen molar-refractivity contribution in [3.05, 3.63) is 77.1 Å². The number of aromatic nitrogens is 2. The van der Waals surface area contributed by atoms with E-state index in [2.05, 4.69) is 50.9 Å². The number of hydrogen-bond donors (Lipinski definition) is 3. The summed E-state index contributed by atoms with van der Waals surface area (Å²) < 4.78 is 11.7. The second-order valence-corrected chi connectivity index (χ2v) is 11.1. The summed E-state index contributed by atoms with van der Waals surface area (Å²) in [5.74, 6) is 0.396. The van der Waals surface area contributed by atoms with Gasteiger partial charge in [-0.3, -0.25) is 4.79 Å². The molecule has 2 bridgehead atoms. The third-order valence-corrected chi connectivity index (χ3v) is 6.60. The largest absolute Gasteiger partial charge is 0.444 e. The minimum atomic E-state index is -0.641. The molecule has 0 saturated heterocycles. The lowest BCUT2D eigenvalue weighted by atomic mass is 9.96. The smallest absolute Gasteiger partial charge is 0.408 e. The Kier molecular flexibility index (Phi) is 6.73. The fourth-order valence-corrected chi connectivity index (χ4v) is 4.87. The number of fused-ring (bicyclic) bond motifs is 4. The predicted molar refractivity (Wildman–Crippen MR) is 146 cm³/mol. The van der Waals surface area contributed by atoms with Gasteiger partial charge in [-0.05, 0) is 61.4 Å². The highest BCUT2D eigenvalue weighted by atomic mass is 16.6. The quantitative estimate of drug-likeness (QED) is 0.314. The number of alkyl carbamates (subject to hydrolysis) is 1. The number of H-pyrrole nitrogens is 1. The molecule has 0 radical (unpaired) electrons. The van der Waals surface area contributed by atoms with E-state index in [-0.39, 0.29) is 23.4 Å². The molecule has 2 aromatic heterocycles. The number of carbonyl (C=O) groups excluding carboxylic acids is 2. The molecule has 2 amide bonds. The van der Waals surface area contributed by atoms with Crippen molar-refractivity contribution in [2.75, 3.05) is 6.54 Å². The number of aromatic amines is 1. The van der Waals surface area contributed by atoms with Crippen molar-refractivity contribution in [3.63, 3.8) is 0 Å². The van der Waals surface area contributed by atoms with Crippen LogP contribution in [-0.4, -0.2) is 34.1 Å². The summed E-state index contributed by atoms with van der Waals surface area (Å²) in [6.07, 6.45) is 2.50. The molecule has 0 aliphatic carbocycles. The van der Waals surface area contributed by atoms with Gasteiger partial charge in [-0.15, -0.1) is 0 Å². The summed E-state index contributed by atoms with van der Waals surface area (Å²) in [6.45, 7) is 9.78. The van der Waals surface area contributed by atoms with Gasteiger partial charge in [-0.25, -0.2) is 9.78 Å². The standard InChI is InChI=1S/C30H34N4O4/c1-17(2)25(34-29(36)38-30(3,4)5)28-33-26-23(37-28)15-18-8-6-9-19(14-18)21-10-7-11-22-24(21)20(16-32-22)12-13-31-27(26)35/h6-11,14,16-17,25,32H,12-13,15H2,1-5H3,(H,31,35)(H,34,36)/t25-/m0/s1. The molecule has 1 aliphatic rings. The van der Waals surface area contributed by atoms with Crippen molar-refractivity contribution < 1.29 is 18.7 Å². The van der Waals surface area contributed by atoms with Crippen LogP contribution in [0.1, 0.15) is 73.9 Å². The SMILES string of the molecule is CC(C)[C@H](NC(=O)OC(C)(C)C)c1nc2c(o1)Cc1cccc(c1)-c1cccc3[nH]cc(c13)CCNC2=O. The van der Waals surface area contributed by atoms with Gasteiger partial charge in [-0.2, -0.15) is 0 Å². The molecule has 198 valence electrons. The zero-order chi connectivity index (χ0) is 27.0. The first-order valence-electron chi connectivity index (χ1n) is 13.0. The number of amides is 2. The van der Waals surface area contributed by atoms with Gasteiger partial charge in [0.1, 0.15) is 17.4 Å². The molecule has 2 aromatic carbocycles. The number of nitrogens with zero attached hydrogens (tertiary/aromatic N) is 1. The van der Waals surface area contributed by atoms with Gasteiger partial charge < -0.3 is 24.8 Å². The number of ether oxygens (including phenoxy) is 1. The minimum Gasteiger partial charge on any atom is -0.444 e. The third-order valence-electron chi connectivity index (χ3n) is 6.60. The molecule has 8 nitrogen and oxygen atoms in total. The lowest BCUT2D eigenvalue weighted by Crippen LogP contribution is -2.37. The van der Waals surface area contributed by atoms with Crippen LogP contribution in [0.3, 0.4) is 0 Å². The van der Waals surface area contributed by atoms with Crippen molar-refractivity contribution in [1.82, 2.24) is 20.6 Å². The van der Waals surface area contributed by atoms with Gasteiger partial charge in [-0.1, -0.05) is 50.2 Å². The average Bonchev–Trinajstić information content (AvgIpc) is 3.45. The minimum absolute atomic E-state index is 0.0497. The number of nitrogens with one attached hydrogen (secondary N) is 3. The number of rotatable bonds is 3. The summed E-state index contributed by atoms with van der Waals surface area (Å²) >= 11 is 0. The fraction of sp³-hybridized carbons (Fsp3) is 0.367. The number of benzene rings is 2. The molecule has 0 unspecified atom stereocenters.